The molecule has 6 nitrogen and oxygen atoms in total. The summed E-state index contributed by atoms with van der Waals surface area (Å²) < 4.78 is 1.98. The van der Waals surface area contributed by atoms with Crippen LogP contribution in [0.25, 0.3) is 17.1 Å². The third-order valence-corrected chi connectivity index (χ3v) is 7.88. The maximum atomic E-state index is 12.8. The first-order chi connectivity index (χ1) is 18.0. The number of thiazole rings is 1. The van der Waals surface area contributed by atoms with Crippen LogP contribution in [0.15, 0.2) is 84.1 Å². The number of benzene rings is 3. The first-order valence-corrected chi connectivity index (χ1v) is 13.9. The van der Waals surface area contributed by atoms with E-state index >= 15 is 0 Å². The largest absolute Gasteiger partial charge is 0.301 e. The van der Waals surface area contributed by atoms with Gasteiger partial charge in [-0.25, -0.2) is 4.98 Å². The minimum Gasteiger partial charge on any atom is -0.301 e. The molecule has 0 fully saturated rings. The molecule has 0 bridgehead atoms. The second-order valence-electron chi connectivity index (χ2n) is 8.23. The van der Waals surface area contributed by atoms with Crippen molar-refractivity contribution in [1.82, 2.24) is 19.7 Å². The molecule has 0 aliphatic heterocycles. The second kappa shape index (κ2) is 11.5. The zero-order chi connectivity index (χ0) is 25.8. The lowest BCUT2D eigenvalue weighted by atomic mass is 10.1. The molecule has 2 aromatic heterocycles. The van der Waals surface area contributed by atoms with Crippen molar-refractivity contribution in [3.8, 4) is 17.1 Å². The number of rotatable bonds is 8. The van der Waals surface area contributed by atoms with Crippen LogP contribution in [0.5, 0.6) is 0 Å². The van der Waals surface area contributed by atoms with E-state index in [1.54, 1.807) is 18.3 Å². The number of anilines is 1. The highest BCUT2D eigenvalue weighted by atomic mass is 35.5. The van der Waals surface area contributed by atoms with Gasteiger partial charge in [0.05, 0.1) is 5.75 Å². The summed E-state index contributed by atoms with van der Waals surface area (Å²) >= 11 is 15.1. The Morgan fingerprint density at radius 3 is 2.68 bits per heavy atom. The van der Waals surface area contributed by atoms with Crippen LogP contribution in [0.4, 0.5) is 5.13 Å². The Kier molecular flexibility index (Phi) is 7.90. The SMILES string of the molecule is Cc1cccc(-n2c(SCC(=O)Nc3ncc(Cc4cc(Cl)ccc4Cl)s3)nnc2-c2ccccc2)c1. The van der Waals surface area contributed by atoms with E-state index in [1.165, 1.54) is 23.1 Å². The molecule has 5 rings (SSSR count). The van der Waals surface area contributed by atoms with Gasteiger partial charge >= 0.3 is 0 Å². The van der Waals surface area contributed by atoms with Crippen LogP contribution in [0, 0.1) is 6.92 Å². The van der Waals surface area contributed by atoms with E-state index in [4.69, 9.17) is 23.2 Å². The normalized spacial score (nSPS) is 11.0. The predicted octanol–water partition coefficient (Wildman–Crippen LogP) is 7.33. The van der Waals surface area contributed by atoms with Crippen LogP contribution in [0.1, 0.15) is 16.0 Å². The first kappa shape index (κ1) is 25.5. The lowest BCUT2D eigenvalue weighted by molar-refractivity contribution is -0.113. The van der Waals surface area contributed by atoms with Gasteiger partial charge in [0, 0.05) is 38.8 Å². The number of thioether (sulfide) groups is 1. The summed E-state index contributed by atoms with van der Waals surface area (Å²) in [5.74, 6) is 0.707. The van der Waals surface area contributed by atoms with Gasteiger partial charge in [0.1, 0.15) is 0 Å². The summed E-state index contributed by atoms with van der Waals surface area (Å²) in [6.45, 7) is 2.04. The summed E-state index contributed by atoms with van der Waals surface area (Å²) in [5.41, 5.74) is 3.92. The molecule has 1 N–H and O–H groups in total. The van der Waals surface area contributed by atoms with Crippen molar-refractivity contribution in [1.29, 1.82) is 0 Å². The van der Waals surface area contributed by atoms with Crippen molar-refractivity contribution in [2.45, 2.75) is 18.5 Å². The average Bonchev–Trinajstić information content (AvgIpc) is 3.52. The molecule has 0 atom stereocenters. The minimum atomic E-state index is -0.174. The molecule has 186 valence electrons. The van der Waals surface area contributed by atoms with Gasteiger partial charge in [-0.05, 0) is 48.4 Å². The van der Waals surface area contributed by atoms with Crippen LogP contribution in [0.3, 0.4) is 0 Å². The fourth-order valence-electron chi connectivity index (χ4n) is 3.74. The second-order valence-corrected chi connectivity index (χ2v) is 11.1. The Morgan fingerprint density at radius 1 is 1.03 bits per heavy atom. The van der Waals surface area contributed by atoms with Crippen LogP contribution in [-0.4, -0.2) is 31.4 Å². The Morgan fingerprint density at radius 2 is 1.86 bits per heavy atom. The zero-order valence-electron chi connectivity index (χ0n) is 19.7. The van der Waals surface area contributed by atoms with Crippen molar-refractivity contribution in [3.05, 3.63) is 105 Å². The predicted molar refractivity (Wildman–Crippen MR) is 152 cm³/mol. The summed E-state index contributed by atoms with van der Waals surface area (Å²) in [7, 11) is 0. The Hall–Kier alpha value is -3.17. The number of carbonyl (C=O) groups is 1. The average molecular weight is 567 g/mol. The van der Waals surface area contributed by atoms with Crippen LogP contribution in [0.2, 0.25) is 10.0 Å². The number of aromatic nitrogens is 4. The molecule has 10 heteroatoms. The molecule has 0 aliphatic carbocycles. The molecule has 1 amide bonds. The van der Waals surface area contributed by atoms with Gasteiger partial charge in [0.2, 0.25) is 5.91 Å². The van der Waals surface area contributed by atoms with Crippen molar-refractivity contribution >= 4 is 57.3 Å². The lowest BCUT2D eigenvalue weighted by Crippen LogP contribution is -2.14. The molecule has 0 radical (unpaired) electrons. The number of hydrogen-bond donors (Lipinski definition) is 1. The van der Waals surface area contributed by atoms with E-state index in [0.29, 0.717) is 26.8 Å². The number of nitrogens with zero attached hydrogens (tertiary/aromatic N) is 4. The summed E-state index contributed by atoms with van der Waals surface area (Å²) in [6.07, 6.45) is 2.33. The van der Waals surface area contributed by atoms with Crippen molar-refractivity contribution in [3.63, 3.8) is 0 Å². The molecule has 5 aromatic rings. The van der Waals surface area contributed by atoms with Crippen molar-refractivity contribution < 1.29 is 4.79 Å². The quantitative estimate of drug-likeness (QED) is 0.199. The number of aryl methyl sites for hydroxylation is 1. The van der Waals surface area contributed by atoms with Crippen LogP contribution >= 0.6 is 46.3 Å². The summed E-state index contributed by atoms with van der Waals surface area (Å²) in [6, 6.07) is 23.4. The van der Waals surface area contributed by atoms with Gasteiger partial charge in [0.15, 0.2) is 16.1 Å². The van der Waals surface area contributed by atoms with Crippen LogP contribution < -0.4 is 5.32 Å². The lowest BCUT2D eigenvalue weighted by Gasteiger charge is -2.11. The van der Waals surface area contributed by atoms with Gasteiger partial charge < -0.3 is 5.32 Å². The molecule has 0 spiro atoms. The Balaban J connectivity index is 1.29. The monoisotopic (exact) mass is 565 g/mol. The van der Waals surface area contributed by atoms with Gasteiger partial charge in [-0.1, -0.05) is 77.4 Å². The highest BCUT2D eigenvalue weighted by molar-refractivity contribution is 7.99. The number of nitrogens with one attached hydrogen (secondary N) is 1. The standard InChI is InChI=1S/C27H21Cl2N5OS2/c1-17-6-5-9-21(12-17)34-25(18-7-3-2-4-8-18)32-33-27(34)36-16-24(35)31-26-30-15-22(37-26)14-19-13-20(28)10-11-23(19)29/h2-13,15H,14,16H2,1H3,(H,30,31,35). The van der Waals surface area contributed by atoms with Gasteiger partial charge in [-0.2, -0.15) is 0 Å². The highest BCUT2D eigenvalue weighted by Gasteiger charge is 2.18. The van der Waals surface area contributed by atoms with E-state index in [-0.39, 0.29) is 11.7 Å². The Bertz CT molecular complexity index is 1550. The number of halogens is 2. The maximum absolute atomic E-state index is 12.8. The number of carbonyl (C=O) groups excluding carboxylic acids is 1. The van der Waals surface area contributed by atoms with Gasteiger partial charge in [-0.15, -0.1) is 21.5 Å². The smallest absolute Gasteiger partial charge is 0.236 e. The first-order valence-electron chi connectivity index (χ1n) is 11.4. The molecule has 37 heavy (non-hydrogen) atoms. The molecule has 0 saturated heterocycles. The molecular formula is C27H21Cl2N5OS2. The zero-order valence-corrected chi connectivity index (χ0v) is 22.8. The summed E-state index contributed by atoms with van der Waals surface area (Å²) in [4.78, 5) is 18.1. The number of hydrogen-bond acceptors (Lipinski definition) is 6. The summed E-state index contributed by atoms with van der Waals surface area (Å²) in [5, 5.41) is 14.2. The van der Waals surface area contributed by atoms with Gasteiger partial charge in [-0.3, -0.25) is 9.36 Å². The molecule has 2 heterocycles. The third-order valence-electron chi connectivity index (χ3n) is 5.43. The minimum absolute atomic E-state index is 0.160. The van der Waals surface area contributed by atoms with Crippen molar-refractivity contribution in [2.75, 3.05) is 11.1 Å². The van der Waals surface area contributed by atoms with E-state index < -0.39 is 0 Å². The van der Waals surface area contributed by atoms with E-state index in [0.717, 1.165) is 33.1 Å². The molecule has 3 aromatic carbocycles. The highest BCUT2D eigenvalue weighted by Crippen LogP contribution is 2.30. The van der Waals surface area contributed by atoms with E-state index in [2.05, 4.69) is 26.6 Å². The molecular weight excluding hydrogens is 545 g/mol. The van der Waals surface area contributed by atoms with E-state index in [9.17, 15) is 4.79 Å². The molecule has 0 aliphatic rings. The fraction of sp³-hybridized carbons (Fsp3) is 0.111. The van der Waals surface area contributed by atoms with E-state index in [1.807, 2.05) is 66.1 Å². The topological polar surface area (TPSA) is 72.7 Å². The van der Waals surface area contributed by atoms with Gasteiger partial charge in [0.25, 0.3) is 0 Å². The Labute approximate surface area is 232 Å². The van der Waals surface area contributed by atoms with Crippen molar-refractivity contribution in [2.24, 2.45) is 0 Å². The fourth-order valence-corrected chi connectivity index (χ4v) is 5.72. The number of amides is 1. The molecule has 0 saturated carbocycles. The third kappa shape index (κ3) is 6.22. The molecule has 0 unspecified atom stereocenters. The maximum Gasteiger partial charge on any atom is 0.236 e. The van der Waals surface area contributed by atoms with Crippen LogP contribution in [-0.2, 0) is 11.2 Å².